The van der Waals surface area contributed by atoms with Crippen LogP contribution in [0.2, 0.25) is 0 Å². The molecular formula is C12H22ClNO. The summed E-state index contributed by atoms with van der Waals surface area (Å²) >= 11 is 6.28. The van der Waals surface area contributed by atoms with Crippen LogP contribution >= 0.6 is 11.6 Å². The first kappa shape index (κ1) is 12.8. The van der Waals surface area contributed by atoms with Crippen molar-refractivity contribution >= 4 is 17.5 Å². The number of carbonyl (C=O) groups is 1. The van der Waals surface area contributed by atoms with Gasteiger partial charge in [-0.25, -0.2) is 0 Å². The van der Waals surface area contributed by atoms with Gasteiger partial charge in [-0.2, -0.15) is 0 Å². The first-order valence-corrected chi connectivity index (χ1v) is 6.34. The minimum absolute atomic E-state index is 0.00121. The summed E-state index contributed by atoms with van der Waals surface area (Å²) in [6.45, 7) is 6.07. The monoisotopic (exact) mass is 231 g/mol. The molecule has 1 N–H and O–H groups in total. The molecule has 3 heteroatoms. The molecule has 1 aliphatic rings. The minimum atomic E-state index is -0.375. The summed E-state index contributed by atoms with van der Waals surface area (Å²) in [5.41, 5.74) is -0.00121. The summed E-state index contributed by atoms with van der Waals surface area (Å²) in [5, 5.41) is 2.52. The molecule has 0 aromatic carbocycles. The highest BCUT2D eigenvalue weighted by molar-refractivity contribution is 6.31. The first-order chi connectivity index (χ1) is 6.96. The molecule has 1 atom stereocenters. The summed E-state index contributed by atoms with van der Waals surface area (Å²) in [5.74, 6) is -0.00364. The number of amides is 1. The molecule has 1 aliphatic carbocycles. The van der Waals surface area contributed by atoms with Crippen molar-refractivity contribution in [1.29, 1.82) is 0 Å². The minimum Gasteiger partial charge on any atom is -0.353 e. The summed E-state index contributed by atoms with van der Waals surface area (Å²) in [6.07, 6.45) is 5.84. The maximum atomic E-state index is 11.8. The van der Waals surface area contributed by atoms with E-state index < -0.39 is 0 Å². The van der Waals surface area contributed by atoms with Crippen LogP contribution in [0.15, 0.2) is 0 Å². The Morgan fingerprint density at radius 1 is 1.27 bits per heavy atom. The van der Waals surface area contributed by atoms with Gasteiger partial charge in [0.15, 0.2) is 0 Å². The first-order valence-electron chi connectivity index (χ1n) is 5.90. The molecule has 0 bridgehead atoms. The van der Waals surface area contributed by atoms with Gasteiger partial charge >= 0.3 is 0 Å². The topological polar surface area (TPSA) is 29.1 Å². The van der Waals surface area contributed by atoms with Crippen molar-refractivity contribution < 1.29 is 4.79 Å². The lowest BCUT2D eigenvalue weighted by Crippen LogP contribution is -2.44. The number of halogens is 1. The van der Waals surface area contributed by atoms with Gasteiger partial charge in [-0.05, 0) is 32.1 Å². The van der Waals surface area contributed by atoms with Crippen LogP contribution in [-0.2, 0) is 4.79 Å². The van der Waals surface area contributed by atoms with E-state index in [-0.39, 0.29) is 22.7 Å². The van der Waals surface area contributed by atoms with E-state index in [2.05, 4.69) is 12.2 Å². The Labute approximate surface area is 97.8 Å². The number of nitrogens with one attached hydrogen (secondary N) is 1. The van der Waals surface area contributed by atoms with E-state index in [0.717, 1.165) is 12.8 Å². The van der Waals surface area contributed by atoms with E-state index in [4.69, 9.17) is 11.6 Å². The van der Waals surface area contributed by atoms with E-state index in [1.54, 1.807) is 0 Å². The standard InChI is InChI=1S/C12H22ClNO/c1-9(2)14-11(15)10(13)12(3)7-5-4-6-8-12/h9-10H,4-8H2,1-3H3,(H,14,15). The summed E-state index contributed by atoms with van der Waals surface area (Å²) in [6, 6.07) is 0.172. The van der Waals surface area contributed by atoms with E-state index >= 15 is 0 Å². The lowest BCUT2D eigenvalue weighted by Gasteiger charge is -2.37. The maximum absolute atomic E-state index is 11.8. The average molecular weight is 232 g/mol. The van der Waals surface area contributed by atoms with Crippen LogP contribution in [0.1, 0.15) is 52.9 Å². The van der Waals surface area contributed by atoms with Gasteiger partial charge in [-0.1, -0.05) is 26.2 Å². The molecular weight excluding hydrogens is 210 g/mol. The van der Waals surface area contributed by atoms with E-state index in [9.17, 15) is 4.79 Å². The Bertz CT molecular complexity index is 222. The Morgan fingerprint density at radius 3 is 2.27 bits per heavy atom. The van der Waals surface area contributed by atoms with Crippen molar-refractivity contribution in [3.63, 3.8) is 0 Å². The average Bonchev–Trinajstić information content (AvgIpc) is 2.16. The van der Waals surface area contributed by atoms with Crippen LogP contribution in [0, 0.1) is 5.41 Å². The zero-order valence-corrected chi connectivity index (χ0v) is 10.7. The molecule has 0 aromatic rings. The summed E-state index contributed by atoms with van der Waals surface area (Å²) in [4.78, 5) is 11.8. The van der Waals surface area contributed by atoms with E-state index in [0.29, 0.717) is 0 Å². The molecule has 0 heterocycles. The van der Waals surface area contributed by atoms with E-state index in [1.807, 2.05) is 13.8 Å². The van der Waals surface area contributed by atoms with Crippen molar-refractivity contribution in [2.75, 3.05) is 0 Å². The number of alkyl halides is 1. The van der Waals surface area contributed by atoms with Crippen LogP contribution in [-0.4, -0.2) is 17.3 Å². The summed E-state index contributed by atoms with van der Waals surface area (Å²) < 4.78 is 0. The zero-order valence-electron chi connectivity index (χ0n) is 9.98. The van der Waals surface area contributed by atoms with Gasteiger partial charge in [-0.15, -0.1) is 11.6 Å². The normalized spacial score (nSPS) is 22.5. The van der Waals surface area contributed by atoms with Gasteiger partial charge in [0.2, 0.25) is 5.91 Å². The van der Waals surface area contributed by atoms with Crippen LogP contribution in [0.25, 0.3) is 0 Å². The van der Waals surface area contributed by atoms with Crippen molar-refractivity contribution in [3.8, 4) is 0 Å². The van der Waals surface area contributed by atoms with Crippen LogP contribution in [0.4, 0.5) is 0 Å². The highest BCUT2D eigenvalue weighted by Crippen LogP contribution is 2.41. The SMILES string of the molecule is CC(C)NC(=O)C(Cl)C1(C)CCCCC1. The van der Waals surface area contributed by atoms with Crippen LogP contribution in [0.5, 0.6) is 0 Å². The molecule has 1 fully saturated rings. The predicted molar refractivity (Wildman–Crippen MR) is 64.1 cm³/mol. The van der Waals surface area contributed by atoms with Gasteiger partial charge in [0.05, 0.1) is 0 Å². The van der Waals surface area contributed by atoms with Crippen LogP contribution < -0.4 is 5.32 Å². The number of carbonyl (C=O) groups excluding carboxylic acids is 1. The van der Waals surface area contributed by atoms with Crippen molar-refractivity contribution in [1.82, 2.24) is 5.32 Å². The lowest BCUT2D eigenvalue weighted by atomic mass is 9.73. The quantitative estimate of drug-likeness (QED) is 0.744. The number of rotatable bonds is 3. The molecule has 15 heavy (non-hydrogen) atoms. The van der Waals surface area contributed by atoms with Gasteiger partial charge in [0, 0.05) is 6.04 Å². The van der Waals surface area contributed by atoms with Crippen LogP contribution in [0.3, 0.4) is 0 Å². The molecule has 88 valence electrons. The molecule has 1 rings (SSSR count). The summed E-state index contributed by atoms with van der Waals surface area (Å²) in [7, 11) is 0. The van der Waals surface area contributed by atoms with Crippen molar-refractivity contribution in [3.05, 3.63) is 0 Å². The third-order valence-corrected chi connectivity index (χ3v) is 3.99. The highest BCUT2D eigenvalue weighted by Gasteiger charge is 2.38. The third-order valence-electron chi connectivity index (χ3n) is 3.27. The fourth-order valence-corrected chi connectivity index (χ4v) is 2.57. The predicted octanol–water partition coefficient (Wildman–Crippen LogP) is 3.09. The molecule has 0 radical (unpaired) electrons. The third kappa shape index (κ3) is 3.37. The smallest absolute Gasteiger partial charge is 0.238 e. The Balaban J connectivity index is 2.57. The number of hydrogen-bond donors (Lipinski definition) is 1. The zero-order chi connectivity index (χ0) is 11.5. The molecule has 1 saturated carbocycles. The second-order valence-corrected chi connectivity index (χ2v) is 5.68. The molecule has 1 amide bonds. The lowest BCUT2D eigenvalue weighted by molar-refractivity contribution is -0.123. The molecule has 0 aliphatic heterocycles. The molecule has 0 spiro atoms. The van der Waals surface area contributed by atoms with Crippen molar-refractivity contribution in [2.45, 2.75) is 64.3 Å². The highest BCUT2D eigenvalue weighted by atomic mass is 35.5. The molecule has 0 saturated heterocycles. The fraction of sp³-hybridized carbons (Fsp3) is 0.917. The number of hydrogen-bond acceptors (Lipinski definition) is 1. The molecule has 2 nitrogen and oxygen atoms in total. The largest absolute Gasteiger partial charge is 0.353 e. The van der Waals surface area contributed by atoms with Gasteiger partial charge in [0.1, 0.15) is 5.38 Å². The Morgan fingerprint density at radius 2 is 1.80 bits per heavy atom. The maximum Gasteiger partial charge on any atom is 0.238 e. The second kappa shape index (κ2) is 5.20. The molecule has 1 unspecified atom stereocenters. The Hall–Kier alpha value is -0.240. The van der Waals surface area contributed by atoms with Gasteiger partial charge < -0.3 is 5.32 Å². The van der Waals surface area contributed by atoms with Gasteiger partial charge in [0.25, 0.3) is 0 Å². The van der Waals surface area contributed by atoms with E-state index in [1.165, 1.54) is 19.3 Å². The van der Waals surface area contributed by atoms with Gasteiger partial charge in [-0.3, -0.25) is 4.79 Å². The Kier molecular flexibility index (Phi) is 4.45. The molecule has 0 aromatic heterocycles. The van der Waals surface area contributed by atoms with Crippen molar-refractivity contribution in [2.24, 2.45) is 5.41 Å². The second-order valence-electron chi connectivity index (χ2n) is 5.24. The fourth-order valence-electron chi connectivity index (χ4n) is 2.29.